The second kappa shape index (κ2) is 6.70. The highest BCUT2D eigenvalue weighted by Gasteiger charge is 2.15. The monoisotopic (exact) mass is 193 g/mol. The quantitative estimate of drug-likeness (QED) is 0.717. The van der Waals surface area contributed by atoms with Gasteiger partial charge in [0, 0.05) is 6.04 Å². The van der Waals surface area contributed by atoms with Crippen molar-refractivity contribution < 1.29 is 5.11 Å². The van der Waals surface area contributed by atoms with Crippen LogP contribution in [0.1, 0.15) is 38.5 Å². The molecule has 0 heterocycles. The van der Waals surface area contributed by atoms with E-state index in [9.17, 15) is 0 Å². The molecule has 1 rings (SSSR count). The van der Waals surface area contributed by atoms with Gasteiger partial charge in [0.15, 0.2) is 0 Å². The summed E-state index contributed by atoms with van der Waals surface area (Å²) in [6, 6.07) is 0.0260. The number of aliphatic hydroxyl groups is 1. The molecule has 0 bridgehead atoms. The van der Waals surface area contributed by atoms with Gasteiger partial charge < -0.3 is 10.8 Å². The molecule has 0 aromatic carbocycles. The molecule has 0 saturated heterocycles. The van der Waals surface area contributed by atoms with E-state index in [0.717, 1.165) is 12.3 Å². The van der Waals surface area contributed by atoms with Crippen LogP contribution < -0.4 is 5.73 Å². The zero-order valence-electron chi connectivity index (χ0n) is 7.54. The van der Waals surface area contributed by atoms with Crippen molar-refractivity contribution in [2.45, 2.75) is 44.6 Å². The van der Waals surface area contributed by atoms with Crippen molar-refractivity contribution >= 4 is 12.4 Å². The van der Waals surface area contributed by atoms with E-state index in [1.54, 1.807) is 0 Å². The lowest BCUT2D eigenvalue weighted by Crippen LogP contribution is -2.28. The summed E-state index contributed by atoms with van der Waals surface area (Å²) in [6.45, 7) is 0.149. The Morgan fingerprint density at radius 1 is 1.25 bits per heavy atom. The first-order chi connectivity index (χ1) is 5.33. The van der Waals surface area contributed by atoms with Crippen LogP contribution in [-0.4, -0.2) is 17.8 Å². The highest BCUT2D eigenvalue weighted by Crippen LogP contribution is 2.26. The Hall–Kier alpha value is 0.210. The molecular formula is C9H20ClNO. The van der Waals surface area contributed by atoms with Crippen molar-refractivity contribution in [1.29, 1.82) is 0 Å². The van der Waals surface area contributed by atoms with Crippen LogP contribution in [0.2, 0.25) is 0 Å². The number of rotatable bonds is 3. The first kappa shape index (κ1) is 12.2. The van der Waals surface area contributed by atoms with E-state index in [4.69, 9.17) is 10.8 Å². The van der Waals surface area contributed by atoms with E-state index >= 15 is 0 Å². The molecule has 2 nitrogen and oxygen atoms in total. The predicted octanol–water partition coefficient (Wildman–Crippen LogP) is 1.70. The van der Waals surface area contributed by atoms with Crippen LogP contribution in [0.5, 0.6) is 0 Å². The van der Waals surface area contributed by atoms with Crippen molar-refractivity contribution in [1.82, 2.24) is 0 Å². The molecule has 0 aliphatic heterocycles. The smallest absolute Gasteiger partial charge is 0.0582 e. The summed E-state index contributed by atoms with van der Waals surface area (Å²) in [7, 11) is 0. The molecule has 0 aromatic rings. The second-order valence-electron chi connectivity index (χ2n) is 3.68. The molecule has 0 unspecified atom stereocenters. The number of aliphatic hydroxyl groups excluding tert-OH is 1. The van der Waals surface area contributed by atoms with Crippen LogP contribution in [0.25, 0.3) is 0 Å². The van der Waals surface area contributed by atoms with Gasteiger partial charge in [-0.1, -0.05) is 32.1 Å². The van der Waals surface area contributed by atoms with Gasteiger partial charge in [-0.3, -0.25) is 0 Å². The number of hydrogen-bond acceptors (Lipinski definition) is 2. The lowest BCUT2D eigenvalue weighted by atomic mass is 9.85. The largest absolute Gasteiger partial charge is 0.395 e. The maximum absolute atomic E-state index is 8.74. The molecule has 74 valence electrons. The summed E-state index contributed by atoms with van der Waals surface area (Å²) in [4.78, 5) is 0. The van der Waals surface area contributed by atoms with E-state index < -0.39 is 0 Å². The summed E-state index contributed by atoms with van der Waals surface area (Å²) in [6.07, 6.45) is 7.80. The van der Waals surface area contributed by atoms with E-state index in [-0.39, 0.29) is 25.1 Å². The van der Waals surface area contributed by atoms with Crippen LogP contribution in [-0.2, 0) is 0 Å². The topological polar surface area (TPSA) is 46.2 Å². The van der Waals surface area contributed by atoms with Crippen molar-refractivity contribution in [3.63, 3.8) is 0 Å². The molecular weight excluding hydrogens is 174 g/mol. The lowest BCUT2D eigenvalue weighted by molar-refractivity contribution is 0.228. The van der Waals surface area contributed by atoms with Gasteiger partial charge in [-0.25, -0.2) is 0 Å². The Morgan fingerprint density at radius 3 is 2.33 bits per heavy atom. The molecule has 0 spiro atoms. The molecule has 3 heteroatoms. The zero-order chi connectivity index (χ0) is 8.10. The Morgan fingerprint density at radius 2 is 1.83 bits per heavy atom. The maximum Gasteiger partial charge on any atom is 0.0582 e. The highest BCUT2D eigenvalue weighted by molar-refractivity contribution is 5.85. The molecule has 1 aliphatic carbocycles. The maximum atomic E-state index is 8.74. The SMILES string of the molecule is Cl.N[C@@H](CO)CC1CCCCC1. The third-order valence-electron chi connectivity index (χ3n) is 2.60. The second-order valence-corrected chi connectivity index (χ2v) is 3.68. The van der Waals surface area contributed by atoms with E-state index in [0.29, 0.717) is 0 Å². The molecule has 1 saturated carbocycles. The third kappa shape index (κ3) is 4.29. The molecule has 3 N–H and O–H groups in total. The van der Waals surface area contributed by atoms with Crippen LogP contribution in [0.15, 0.2) is 0 Å². The van der Waals surface area contributed by atoms with Crippen LogP contribution >= 0.6 is 12.4 Å². The van der Waals surface area contributed by atoms with Gasteiger partial charge in [0.2, 0.25) is 0 Å². The lowest BCUT2D eigenvalue weighted by Gasteiger charge is -2.23. The van der Waals surface area contributed by atoms with E-state index in [1.807, 2.05) is 0 Å². The Balaban J connectivity index is 0.00000121. The Bertz CT molecular complexity index is 105. The van der Waals surface area contributed by atoms with Gasteiger partial charge in [0.05, 0.1) is 6.61 Å². The summed E-state index contributed by atoms with van der Waals surface area (Å²) in [5.41, 5.74) is 5.65. The van der Waals surface area contributed by atoms with Gasteiger partial charge in [-0.15, -0.1) is 12.4 Å². The van der Waals surface area contributed by atoms with Crippen molar-refractivity contribution in [3.05, 3.63) is 0 Å². The van der Waals surface area contributed by atoms with Gasteiger partial charge in [0.1, 0.15) is 0 Å². The van der Waals surface area contributed by atoms with Gasteiger partial charge in [-0.2, -0.15) is 0 Å². The first-order valence-corrected chi connectivity index (χ1v) is 4.69. The van der Waals surface area contributed by atoms with Crippen molar-refractivity contribution in [2.75, 3.05) is 6.61 Å². The van der Waals surface area contributed by atoms with Crippen molar-refractivity contribution in [2.24, 2.45) is 11.7 Å². The number of nitrogens with two attached hydrogens (primary N) is 1. The molecule has 12 heavy (non-hydrogen) atoms. The van der Waals surface area contributed by atoms with Crippen LogP contribution in [0, 0.1) is 5.92 Å². The highest BCUT2D eigenvalue weighted by atomic mass is 35.5. The van der Waals surface area contributed by atoms with Crippen LogP contribution in [0.3, 0.4) is 0 Å². The fourth-order valence-corrected chi connectivity index (χ4v) is 1.93. The van der Waals surface area contributed by atoms with Gasteiger partial charge >= 0.3 is 0 Å². The zero-order valence-corrected chi connectivity index (χ0v) is 8.35. The number of halogens is 1. The van der Waals surface area contributed by atoms with Gasteiger partial charge in [-0.05, 0) is 12.3 Å². The van der Waals surface area contributed by atoms with Crippen LogP contribution in [0.4, 0.5) is 0 Å². The molecule has 0 amide bonds. The minimum atomic E-state index is 0. The minimum absolute atomic E-state index is 0. The average Bonchev–Trinajstić information content (AvgIpc) is 2.06. The van der Waals surface area contributed by atoms with Gasteiger partial charge in [0.25, 0.3) is 0 Å². The minimum Gasteiger partial charge on any atom is -0.395 e. The molecule has 1 fully saturated rings. The average molecular weight is 194 g/mol. The molecule has 1 atom stereocenters. The summed E-state index contributed by atoms with van der Waals surface area (Å²) < 4.78 is 0. The summed E-state index contributed by atoms with van der Waals surface area (Å²) in [5, 5.41) is 8.74. The molecule has 0 aromatic heterocycles. The standard InChI is InChI=1S/C9H19NO.ClH/c10-9(7-11)6-8-4-2-1-3-5-8;/h8-9,11H,1-7,10H2;1H/t9-;/m1./s1. The van der Waals surface area contributed by atoms with Crippen molar-refractivity contribution in [3.8, 4) is 0 Å². The Labute approximate surface area is 80.9 Å². The predicted molar refractivity (Wildman–Crippen MR) is 53.5 cm³/mol. The fraction of sp³-hybridized carbons (Fsp3) is 1.00. The normalized spacial score (nSPS) is 21.5. The molecule has 1 aliphatic rings. The summed E-state index contributed by atoms with van der Waals surface area (Å²) in [5.74, 6) is 0.797. The molecule has 0 radical (unpaired) electrons. The third-order valence-corrected chi connectivity index (χ3v) is 2.60. The number of hydrogen-bond donors (Lipinski definition) is 2. The van der Waals surface area contributed by atoms with E-state index in [2.05, 4.69) is 0 Å². The Kier molecular flexibility index (Phi) is 6.81. The first-order valence-electron chi connectivity index (χ1n) is 4.69. The fourth-order valence-electron chi connectivity index (χ4n) is 1.93. The van der Waals surface area contributed by atoms with E-state index in [1.165, 1.54) is 32.1 Å². The summed E-state index contributed by atoms with van der Waals surface area (Å²) >= 11 is 0.